The molecule has 2 aromatic rings. The van der Waals surface area contributed by atoms with Crippen LogP contribution in [-0.2, 0) is 0 Å². The van der Waals surface area contributed by atoms with E-state index in [1.807, 2.05) is 0 Å². The van der Waals surface area contributed by atoms with Gasteiger partial charge in [-0.2, -0.15) is 0 Å². The quantitative estimate of drug-likeness (QED) is 0.655. The first-order chi connectivity index (χ1) is 6.59. The molecule has 0 radical (unpaired) electrons. The van der Waals surface area contributed by atoms with E-state index in [0.717, 1.165) is 8.91 Å². The number of hydrogen-bond acceptors (Lipinski definition) is 4. The van der Waals surface area contributed by atoms with Gasteiger partial charge in [0.05, 0.1) is 4.21 Å². The average molecular weight is 226 g/mol. The van der Waals surface area contributed by atoms with Crippen LogP contribution in [0.3, 0.4) is 0 Å². The smallest absolute Gasteiger partial charge is 0.339 e. The van der Waals surface area contributed by atoms with E-state index < -0.39 is 5.97 Å². The number of carbonyl (C=O) groups is 1. The number of benzene rings is 1. The number of rotatable bonds is 1. The van der Waals surface area contributed by atoms with Gasteiger partial charge in [-0.3, -0.25) is 0 Å². The molecule has 1 heterocycles. The first kappa shape index (κ1) is 9.36. The average Bonchev–Trinajstić information content (AvgIpc) is 2.46. The largest absolute Gasteiger partial charge is 0.506 e. The Hall–Kier alpha value is -1.20. The highest BCUT2D eigenvalue weighted by Gasteiger charge is 2.13. The van der Waals surface area contributed by atoms with E-state index in [2.05, 4.69) is 12.6 Å². The summed E-state index contributed by atoms with van der Waals surface area (Å²) in [7, 11) is 0. The van der Waals surface area contributed by atoms with Gasteiger partial charge >= 0.3 is 5.97 Å². The van der Waals surface area contributed by atoms with Gasteiger partial charge in [0, 0.05) is 10.1 Å². The molecule has 0 unspecified atom stereocenters. The Balaban J connectivity index is 2.80. The number of carboxylic acids is 1. The first-order valence-corrected chi connectivity index (χ1v) is 5.03. The number of hydrogen-bond donors (Lipinski definition) is 3. The number of thiophene rings is 1. The maximum Gasteiger partial charge on any atom is 0.339 e. The Morgan fingerprint density at radius 2 is 2.14 bits per heavy atom. The van der Waals surface area contributed by atoms with E-state index in [9.17, 15) is 9.90 Å². The second-order valence-electron chi connectivity index (χ2n) is 2.76. The van der Waals surface area contributed by atoms with E-state index in [1.54, 1.807) is 12.1 Å². The first-order valence-electron chi connectivity index (χ1n) is 3.77. The van der Waals surface area contributed by atoms with Gasteiger partial charge in [0.1, 0.15) is 11.3 Å². The van der Waals surface area contributed by atoms with Crippen molar-refractivity contribution in [3.8, 4) is 5.75 Å². The Bertz CT molecular complexity index is 516. The molecule has 0 spiro atoms. The van der Waals surface area contributed by atoms with Crippen LogP contribution in [0.15, 0.2) is 22.4 Å². The summed E-state index contributed by atoms with van der Waals surface area (Å²) in [6.07, 6.45) is 0. The summed E-state index contributed by atoms with van der Waals surface area (Å²) in [4.78, 5) is 10.7. The highest BCUT2D eigenvalue weighted by molar-refractivity contribution is 7.83. The Kier molecular flexibility index (Phi) is 2.13. The Morgan fingerprint density at radius 3 is 2.79 bits per heavy atom. The zero-order chi connectivity index (χ0) is 10.3. The fourth-order valence-corrected chi connectivity index (χ4v) is 2.48. The molecule has 0 atom stereocenters. The molecule has 0 bridgehead atoms. The molecular formula is C9H6O3S2. The van der Waals surface area contributed by atoms with E-state index >= 15 is 0 Å². The van der Waals surface area contributed by atoms with Crippen molar-refractivity contribution in [3.63, 3.8) is 0 Å². The summed E-state index contributed by atoms with van der Waals surface area (Å²) in [5, 5.41) is 18.9. The zero-order valence-corrected chi connectivity index (χ0v) is 8.60. The lowest BCUT2D eigenvalue weighted by Gasteiger charge is -1.99. The highest BCUT2D eigenvalue weighted by Crippen LogP contribution is 2.35. The molecule has 2 N–H and O–H groups in total. The van der Waals surface area contributed by atoms with Gasteiger partial charge in [0.15, 0.2) is 0 Å². The number of aromatic carboxylic acids is 1. The summed E-state index contributed by atoms with van der Waals surface area (Å²) in [6.45, 7) is 0. The summed E-state index contributed by atoms with van der Waals surface area (Å²) >= 11 is 5.53. The molecule has 0 amide bonds. The van der Waals surface area contributed by atoms with E-state index in [4.69, 9.17) is 5.11 Å². The van der Waals surface area contributed by atoms with Crippen LogP contribution in [0.2, 0.25) is 0 Å². The van der Waals surface area contributed by atoms with Crippen LogP contribution >= 0.6 is 24.0 Å². The lowest BCUT2D eigenvalue weighted by molar-refractivity contribution is 0.0694. The summed E-state index contributed by atoms with van der Waals surface area (Å²) < 4.78 is 1.58. The molecular weight excluding hydrogens is 220 g/mol. The molecule has 0 aliphatic heterocycles. The van der Waals surface area contributed by atoms with Crippen LogP contribution < -0.4 is 0 Å². The number of phenols is 1. The third-order valence-electron chi connectivity index (χ3n) is 1.89. The fraction of sp³-hybridized carbons (Fsp3) is 0. The molecule has 2 rings (SSSR count). The standard InChI is InChI=1S/C9H6O3S2/c10-8-4(9(11)12)1-2-6-5(8)3-7(13)14-6/h1-3,10,13H,(H,11,12). The minimum atomic E-state index is -1.13. The highest BCUT2D eigenvalue weighted by atomic mass is 32.2. The van der Waals surface area contributed by atoms with Gasteiger partial charge < -0.3 is 10.2 Å². The molecule has 72 valence electrons. The Labute approximate surface area is 89.0 Å². The maximum absolute atomic E-state index is 10.7. The van der Waals surface area contributed by atoms with Crippen molar-refractivity contribution in [1.29, 1.82) is 0 Å². The number of thiol groups is 1. The molecule has 5 heteroatoms. The zero-order valence-electron chi connectivity index (χ0n) is 6.89. The van der Waals surface area contributed by atoms with Crippen molar-refractivity contribution in [1.82, 2.24) is 0 Å². The molecule has 0 aliphatic carbocycles. The van der Waals surface area contributed by atoms with E-state index in [0.29, 0.717) is 5.39 Å². The molecule has 1 aromatic carbocycles. The van der Waals surface area contributed by atoms with E-state index in [-0.39, 0.29) is 11.3 Å². The summed E-state index contributed by atoms with van der Waals surface area (Å²) in [5.41, 5.74) is -0.0800. The number of fused-ring (bicyclic) bond motifs is 1. The molecule has 3 nitrogen and oxygen atoms in total. The van der Waals surface area contributed by atoms with Crippen molar-refractivity contribution in [2.45, 2.75) is 4.21 Å². The van der Waals surface area contributed by atoms with Crippen LogP contribution in [0.4, 0.5) is 0 Å². The molecule has 0 saturated heterocycles. The predicted octanol–water partition coefficient (Wildman–Crippen LogP) is 2.59. The van der Waals surface area contributed by atoms with Gasteiger partial charge in [0.2, 0.25) is 0 Å². The fourth-order valence-electron chi connectivity index (χ4n) is 1.26. The third-order valence-corrected chi connectivity index (χ3v) is 3.20. The van der Waals surface area contributed by atoms with Gasteiger partial charge in [-0.1, -0.05) is 0 Å². The molecule has 0 aliphatic rings. The maximum atomic E-state index is 10.7. The van der Waals surface area contributed by atoms with Crippen molar-refractivity contribution in [3.05, 3.63) is 23.8 Å². The molecule has 14 heavy (non-hydrogen) atoms. The number of aromatic hydroxyl groups is 1. The normalized spacial score (nSPS) is 10.6. The van der Waals surface area contributed by atoms with Crippen LogP contribution in [0, 0.1) is 0 Å². The van der Waals surface area contributed by atoms with Crippen molar-refractivity contribution >= 4 is 40.0 Å². The second-order valence-corrected chi connectivity index (χ2v) is 4.63. The van der Waals surface area contributed by atoms with Crippen LogP contribution in [0.5, 0.6) is 5.75 Å². The van der Waals surface area contributed by atoms with Crippen LogP contribution in [0.1, 0.15) is 10.4 Å². The third kappa shape index (κ3) is 1.34. The van der Waals surface area contributed by atoms with Crippen LogP contribution in [0.25, 0.3) is 10.1 Å². The van der Waals surface area contributed by atoms with Crippen molar-refractivity contribution in [2.75, 3.05) is 0 Å². The van der Waals surface area contributed by atoms with Gasteiger partial charge in [0.25, 0.3) is 0 Å². The second kappa shape index (κ2) is 3.18. The Morgan fingerprint density at radius 1 is 1.43 bits per heavy atom. The minimum absolute atomic E-state index is 0.0800. The predicted molar refractivity (Wildman–Crippen MR) is 57.7 cm³/mol. The van der Waals surface area contributed by atoms with Crippen molar-refractivity contribution in [2.24, 2.45) is 0 Å². The lowest BCUT2D eigenvalue weighted by atomic mass is 10.1. The lowest BCUT2D eigenvalue weighted by Crippen LogP contribution is -1.95. The minimum Gasteiger partial charge on any atom is -0.506 e. The van der Waals surface area contributed by atoms with Crippen LogP contribution in [-0.4, -0.2) is 16.2 Å². The molecule has 0 saturated carbocycles. The van der Waals surface area contributed by atoms with Crippen molar-refractivity contribution < 1.29 is 15.0 Å². The van der Waals surface area contributed by atoms with Gasteiger partial charge in [-0.15, -0.1) is 24.0 Å². The van der Waals surface area contributed by atoms with E-state index in [1.165, 1.54) is 17.4 Å². The van der Waals surface area contributed by atoms with Gasteiger partial charge in [-0.05, 0) is 18.2 Å². The SMILES string of the molecule is O=C(O)c1ccc2sc(S)cc2c1O. The number of carboxylic acid groups (broad SMARTS) is 1. The molecule has 0 fully saturated rings. The molecule has 1 aromatic heterocycles. The monoisotopic (exact) mass is 226 g/mol. The summed E-state index contributed by atoms with van der Waals surface area (Å²) in [6, 6.07) is 4.72. The summed E-state index contributed by atoms with van der Waals surface area (Å²) in [5.74, 6) is -1.32. The van der Waals surface area contributed by atoms with Gasteiger partial charge in [-0.25, -0.2) is 4.79 Å². The topological polar surface area (TPSA) is 57.5 Å².